The van der Waals surface area contributed by atoms with Crippen molar-refractivity contribution in [2.75, 3.05) is 66.7 Å². The van der Waals surface area contributed by atoms with Crippen LogP contribution >= 0.6 is 0 Å². The predicted octanol–water partition coefficient (Wildman–Crippen LogP) is -10.1. The Morgan fingerprint density at radius 1 is 0.561 bits per heavy atom. The highest BCUT2D eigenvalue weighted by molar-refractivity contribution is 5.08. The van der Waals surface area contributed by atoms with E-state index in [4.69, 9.17) is 69.6 Å². The Morgan fingerprint density at radius 3 is 1.25 bits per heavy atom. The van der Waals surface area contributed by atoms with Gasteiger partial charge in [0, 0.05) is 62.2 Å². The molecule has 23 nitrogen and oxygen atoms in total. The van der Waals surface area contributed by atoms with Crippen molar-refractivity contribution in [1.82, 2.24) is 9.80 Å². The Labute approximate surface area is 333 Å². The van der Waals surface area contributed by atoms with Crippen LogP contribution in [-0.2, 0) is 23.7 Å². The molecule has 0 spiro atoms. The average molecular weight is 829 g/mol. The highest BCUT2D eigenvalue weighted by Crippen LogP contribution is 2.37. The monoisotopic (exact) mass is 829 g/mol. The molecule has 0 unspecified atom stereocenters. The first kappa shape index (κ1) is 48.7. The van der Waals surface area contributed by atoms with E-state index in [1.54, 1.807) is 23.9 Å². The number of nitrogens with zero attached hydrogens (tertiary/aromatic N) is 2. The molecule has 22 atom stereocenters. The summed E-state index contributed by atoms with van der Waals surface area (Å²) < 4.78 is 29.8. The standard InChI is InChI=1S/C34H72N10O13/c1-43(19(45)11-54-33-21(13(37)7-15(39)25(33)47)31-23(41)29(51)27(49)17(9-35)56-31)3-5-53-6-4-44(2)20(46)12-55-34-22(14(38)8-16(40)26(34)48)32-24(42)30(52)28(50)18(10-36)57-32/h13-34,45-52H,3-12,35-42H2,1-2H3/t13-,14-,15+,16+,17+,18+,19-,20-,21-,22-,23+,24+,25-,26-,27+,28+,29+,30+,31+,32+,33-,34-/m0/s1. The van der Waals surface area contributed by atoms with Crippen LogP contribution in [-0.4, -0.2) is 239 Å². The number of hydrogen-bond donors (Lipinski definition) is 16. The smallest absolute Gasteiger partial charge is 0.130 e. The van der Waals surface area contributed by atoms with Crippen LogP contribution in [0.2, 0.25) is 0 Å². The van der Waals surface area contributed by atoms with Crippen LogP contribution in [0.25, 0.3) is 0 Å². The Kier molecular flexibility index (Phi) is 18.6. The molecule has 0 aromatic heterocycles. The fourth-order valence-corrected chi connectivity index (χ4v) is 8.51. The highest BCUT2D eigenvalue weighted by atomic mass is 16.5. The van der Waals surface area contributed by atoms with Gasteiger partial charge in [-0.1, -0.05) is 0 Å². The molecule has 2 saturated carbocycles. The third-order valence-electron chi connectivity index (χ3n) is 12.4. The van der Waals surface area contributed by atoms with Gasteiger partial charge in [-0.15, -0.1) is 0 Å². The van der Waals surface area contributed by atoms with Gasteiger partial charge in [-0.05, 0) is 26.9 Å². The molecule has 0 bridgehead atoms. The van der Waals surface area contributed by atoms with Crippen molar-refractivity contribution in [3.05, 3.63) is 0 Å². The zero-order chi connectivity index (χ0) is 42.5. The second-order valence-electron chi connectivity index (χ2n) is 16.3. The maximum absolute atomic E-state index is 11.0. The number of aliphatic hydroxyl groups excluding tert-OH is 8. The number of rotatable bonds is 18. The van der Waals surface area contributed by atoms with Gasteiger partial charge in [0.15, 0.2) is 0 Å². The molecule has 4 aliphatic rings. The lowest BCUT2D eigenvalue weighted by Gasteiger charge is -2.51. The maximum atomic E-state index is 11.0. The van der Waals surface area contributed by atoms with Crippen LogP contribution in [0.15, 0.2) is 0 Å². The largest absolute Gasteiger partial charge is 0.389 e. The number of nitrogens with two attached hydrogens (primary N) is 8. The Hall–Kier alpha value is -0.920. The van der Waals surface area contributed by atoms with Crippen LogP contribution in [0.5, 0.6) is 0 Å². The third kappa shape index (κ3) is 11.3. The second kappa shape index (κ2) is 21.7. The number of ether oxygens (including phenoxy) is 5. The second-order valence-corrected chi connectivity index (χ2v) is 16.3. The van der Waals surface area contributed by atoms with E-state index in [9.17, 15) is 40.9 Å². The molecule has 2 heterocycles. The zero-order valence-corrected chi connectivity index (χ0v) is 32.9. The van der Waals surface area contributed by atoms with Crippen molar-refractivity contribution in [3.8, 4) is 0 Å². The molecule has 2 aliphatic carbocycles. The summed E-state index contributed by atoms with van der Waals surface area (Å²) >= 11 is 0. The summed E-state index contributed by atoms with van der Waals surface area (Å²) in [7, 11) is 3.30. The van der Waals surface area contributed by atoms with Crippen LogP contribution in [0, 0.1) is 11.8 Å². The topological polar surface area (TPSA) is 423 Å². The van der Waals surface area contributed by atoms with E-state index >= 15 is 0 Å². The molecule has 57 heavy (non-hydrogen) atoms. The van der Waals surface area contributed by atoms with Crippen molar-refractivity contribution in [2.45, 2.75) is 135 Å². The van der Waals surface area contributed by atoms with Crippen LogP contribution in [0.4, 0.5) is 0 Å². The van der Waals surface area contributed by atoms with Gasteiger partial charge >= 0.3 is 0 Å². The lowest BCUT2D eigenvalue weighted by molar-refractivity contribution is -0.222. The van der Waals surface area contributed by atoms with Crippen molar-refractivity contribution in [3.63, 3.8) is 0 Å². The lowest BCUT2D eigenvalue weighted by atomic mass is 9.71. The predicted molar refractivity (Wildman–Crippen MR) is 203 cm³/mol. The van der Waals surface area contributed by atoms with Crippen molar-refractivity contribution < 1.29 is 64.5 Å². The van der Waals surface area contributed by atoms with E-state index < -0.39 is 134 Å². The van der Waals surface area contributed by atoms with Crippen LogP contribution < -0.4 is 45.9 Å². The molecule has 23 heteroatoms. The fourth-order valence-electron chi connectivity index (χ4n) is 8.51. The lowest BCUT2D eigenvalue weighted by Crippen LogP contribution is -2.70. The molecule has 0 amide bonds. The zero-order valence-electron chi connectivity index (χ0n) is 32.9. The summed E-state index contributed by atoms with van der Waals surface area (Å²) in [6.07, 6.45) is -15.2. The van der Waals surface area contributed by atoms with Gasteiger partial charge in [0.25, 0.3) is 0 Å². The van der Waals surface area contributed by atoms with Gasteiger partial charge in [0.1, 0.15) is 36.9 Å². The molecule has 0 radical (unpaired) electrons. The van der Waals surface area contributed by atoms with Gasteiger partial charge < -0.3 is 110 Å². The Morgan fingerprint density at radius 2 is 0.912 bits per heavy atom. The van der Waals surface area contributed by atoms with Crippen molar-refractivity contribution in [1.29, 1.82) is 0 Å². The molecule has 0 aromatic carbocycles. The van der Waals surface area contributed by atoms with E-state index in [1.165, 1.54) is 0 Å². The van der Waals surface area contributed by atoms with Gasteiger partial charge in [-0.3, -0.25) is 9.80 Å². The molecule has 4 fully saturated rings. The summed E-state index contributed by atoms with van der Waals surface area (Å²) in [6.45, 7) is 0.262. The minimum Gasteiger partial charge on any atom is -0.389 e. The van der Waals surface area contributed by atoms with E-state index in [0.717, 1.165) is 0 Å². The van der Waals surface area contributed by atoms with Crippen molar-refractivity contribution in [2.24, 2.45) is 57.7 Å². The van der Waals surface area contributed by atoms with E-state index in [2.05, 4.69) is 0 Å². The summed E-state index contributed by atoms with van der Waals surface area (Å²) in [5, 5.41) is 85.7. The van der Waals surface area contributed by atoms with Crippen molar-refractivity contribution >= 4 is 0 Å². The quantitative estimate of drug-likeness (QED) is 0.0450. The van der Waals surface area contributed by atoms with E-state index in [1.807, 2.05) is 0 Å². The van der Waals surface area contributed by atoms with Crippen LogP contribution in [0.3, 0.4) is 0 Å². The minimum absolute atomic E-state index is 0.0888. The SMILES string of the molecule is CN(CCOCCN(C)[C@@H](O)CO[C@@H]1[C@@H](O)[C@H](N)C[C@H](N)[C@H]1[C@H]1O[C@H](CN)[C@@H](O)[C@H](O)[C@H]1N)[C@@H](O)CO[C@@H]1[C@@H](O)[C@H](N)C[C@H](N)[C@H]1[C@H]1O[C@H](CN)[C@@H](O)[C@H](O)[C@H]1N. The fraction of sp³-hybridized carbons (Fsp3) is 1.00. The first-order chi connectivity index (χ1) is 26.9. The molecule has 24 N–H and O–H groups in total. The van der Waals surface area contributed by atoms with E-state index in [0.29, 0.717) is 0 Å². The average Bonchev–Trinajstić information content (AvgIpc) is 3.18. The summed E-state index contributed by atoms with van der Waals surface area (Å²) in [6, 6.07) is -4.86. The highest BCUT2D eigenvalue weighted by Gasteiger charge is 2.55. The summed E-state index contributed by atoms with van der Waals surface area (Å²) in [4.78, 5) is 3.14. The molecule has 2 aliphatic heterocycles. The summed E-state index contributed by atoms with van der Waals surface area (Å²) in [5.74, 6) is -1.49. The van der Waals surface area contributed by atoms with Crippen LogP contribution in [0.1, 0.15) is 12.8 Å². The third-order valence-corrected chi connectivity index (χ3v) is 12.4. The van der Waals surface area contributed by atoms with Gasteiger partial charge in [-0.2, -0.15) is 0 Å². The minimum atomic E-state index is -1.35. The number of aliphatic hydroxyl groups is 8. The molecule has 0 aromatic rings. The number of likely N-dealkylation sites (N-methyl/N-ethyl adjacent to an activating group) is 2. The maximum Gasteiger partial charge on any atom is 0.130 e. The summed E-state index contributed by atoms with van der Waals surface area (Å²) in [5.41, 5.74) is 49.2. The molecular formula is C34H72N10O13. The van der Waals surface area contributed by atoms with Gasteiger partial charge in [0.2, 0.25) is 0 Å². The Balaban J connectivity index is 1.23. The normalized spacial score (nSPS) is 45.7. The molecular weight excluding hydrogens is 756 g/mol. The Bertz CT molecular complexity index is 1110. The number of hydrogen-bond acceptors (Lipinski definition) is 23. The first-order valence-corrected chi connectivity index (χ1v) is 19.8. The molecule has 336 valence electrons. The van der Waals surface area contributed by atoms with E-state index in [-0.39, 0.29) is 65.4 Å². The first-order valence-electron chi connectivity index (χ1n) is 19.8. The van der Waals surface area contributed by atoms with Gasteiger partial charge in [0.05, 0.1) is 87.3 Å². The van der Waals surface area contributed by atoms with Gasteiger partial charge in [-0.25, -0.2) is 0 Å². The molecule has 2 saturated heterocycles. The molecule has 4 rings (SSSR count).